The lowest BCUT2D eigenvalue weighted by Gasteiger charge is -2.34. The standard InChI is InChI=1S/C24H23F3N4O2S/c1-17-4-2-3-5-20(17)31-11-10-28-23(31)34-16-21(32)29-12-14-30(15-13-29)22(33)18-6-8-19(9-7-18)24(25,26)27/h2-11H,12-16H2,1H3. The quantitative estimate of drug-likeness (QED) is 0.503. The first-order chi connectivity index (χ1) is 16.2. The number of piperazine rings is 1. The minimum atomic E-state index is -4.44. The molecule has 178 valence electrons. The zero-order valence-corrected chi connectivity index (χ0v) is 19.3. The van der Waals surface area contributed by atoms with E-state index in [4.69, 9.17) is 0 Å². The Bertz CT molecular complexity index is 1170. The maximum Gasteiger partial charge on any atom is 0.416 e. The monoisotopic (exact) mass is 488 g/mol. The zero-order valence-electron chi connectivity index (χ0n) is 18.5. The number of para-hydroxylation sites is 1. The summed E-state index contributed by atoms with van der Waals surface area (Å²) in [4.78, 5) is 33.0. The molecule has 1 fully saturated rings. The molecule has 34 heavy (non-hydrogen) atoms. The van der Waals surface area contributed by atoms with E-state index in [1.54, 1.807) is 16.0 Å². The highest BCUT2D eigenvalue weighted by Crippen LogP contribution is 2.29. The molecule has 2 amide bonds. The summed E-state index contributed by atoms with van der Waals surface area (Å²) in [5.74, 6) is -0.170. The van der Waals surface area contributed by atoms with Crippen molar-refractivity contribution in [2.24, 2.45) is 0 Å². The third-order valence-corrected chi connectivity index (χ3v) is 6.64. The van der Waals surface area contributed by atoms with Gasteiger partial charge in [-0.3, -0.25) is 14.2 Å². The summed E-state index contributed by atoms with van der Waals surface area (Å²) in [7, 11) is 0. The van der Waals surface area contributed by atoms with Crippen LogP contribution in [0.15, 0.2) is 66.1 Å². The summed E-state index contributed by atoms with van der Waals surface area (Å²) < 4.78 is 40.2. The number of rotatable bonds is 5. The summed E-state index contributed by atoms with van der Waals surface area (Å²) >= 11 is 1.35. The number of hydrogen-bond acceptors (Lipinski definition) is 4. The van der Waals surface area contributed by atoms with Crippen LogP contribution in [0.1, 0.15) is 21.5 Å². The van der Waals surface area contributed by atoms with E-state index in [0.717, 1.165) is 28.5 Å². The molecular weight excluding hydrogens is 465 g/mol. The fourth-order valence-corrected chi connectivity index (χ4v) is 4.64. The number of halogens is 3. The SMILES string of the molecule is Cc1ccccc1-n1ccnc1SCC(=O)N1CCN(C(=O)c2ccc(C(F)(F)F)cc2)CC1. The van der Waals surface area contributed by atoms with Crippen LogP contribution in [-0.4, -0.2) is 63.1 Å². The molecule has 2 heterocycles. The second-order valence-corrected chi connectivity index (χ2v) is 8.85. The highest BCUT2D eigenvalue weighted by Gasteiger charge is 2.31. The van der Waals surface area contributed by atoms with Crippen molar-refractivity contribution in [3.63, 3.8) is 0 Å². The van der Waals surface area contributed by atoms with Gasteiger partial charge in [-0.2, -0.15) is 13.2 Å². The molecule has 1 saturated heterocycles. The Labute approximate surface area is 199 Å². The molecule has 0 saturated carbocycles. The lowest BCUT2D eigenvalue weighted by Crippen LogP contribution is -2.51. The molecular formula is C24H23F3N4O2S. The Balaban J connectivity index is 1.30. The molecule has 1 aliphatic rings. The number of aromatic nitrogens is 2. The number of imidazole rings is 1. The van der Waals surface area contributed by atoms with Gasteiger partial charge in [-0.1, -0.05) is 30.0 Å². The van der Waals surface area contributed by atoms with E-state index >= 15 is 0 Å². The van der Waals surface area contributed by atoms with E-state index < -0.39 is 11.7 Å². The van der Waals surface area contributed by atoms with Gasteiger partial charge in [-0.25, -0.2) is 4.98 Å². The average Bonchev–Trinajstić information content (AvgIpc) is 3.30. The minimum absolute atomic E-state index is 0.0500. The van der Waals surface area contributed by atoms with Crippen molar-refractivity contribution in [2.75, 3.05) is 31.9 Å². The van der Waals surface area contributed by atoms with Crippen molar-refractivity contribution < 1.29 is 22.8 Å². The lowest BCUT2D eigenvalue weighted by molar-refractivity contribution is -0.137. The molecule has 0 N–H and O–H groups in total. The van der Waals surface area contributed by atoms with Crippen molar-refractivity contribution in [1.29, 1.82) is 0 Å². The number of amides is 2. The number of hydrogen-bond donors (Lipinski definition) is 0. The molecule has 0 bridgehead atoms. The second-order valence-electron chi connectivity index (χ2n) is 7.90. The number of carbonyl (C=O) groups excluding carboxylic acids is 2. The van der Waals surface area contributed by atoms with Crippen LogP contribution in [0, 0.1) is 6.92 Å². The number of aryl methyl sites for hydroxylation is 1. The molecule has 1 aliphatic heterocycles. The summed E-state index contributed by atoms with van der Waals surface area (Å²) in [5, 5.41) is 0.721. The number of alkyl halides is 3. The highest BCUT2D eigenvalue weighted by molar-refractivity contribution is 7.99. The van der Waals surface area contributed by atoms with Crippen LogP contribution in [0.2, 0.25) is 0 Å². The third kappa shape index (κ3) is 5.27. The van der Waals surface area contributed by atoms with Crippen LogP contribution >= 0.6 is 11.8 Å². The first kappa shape index (κ1) is 23.9. The Morgan fingerprint density at radius 1 is 0.971 bits per heavy atom. The first-order valence-corrected chi connectivity index (χ1v) is 11.7. The number of nitrogens with zero attached hydrogens (tertiary/aromatic N) is 4. The summed E-state index contributed by atoms with van der Waals surface area (Å²) in [6, 6.07) is 12.1. The summed E-state index contributed by atoms with van der Waals surface area (Å²) in [6.07, 6.45) is -0.881. The Morgan fingerprint density at radius 2 is 1.62 bits per heavy atom. The normalized spacial score (nSPS) is 14.4. The van der Waals surface area contributed by atoms with Crippen LogP contribution in [0.4, 0.5) is 13.2 Å². The fraction of sp³-hybridized carbons (Fsp3) is 0.292. The van der Waals surface area contributed by atoms with Gasteiger partial charge >= 0.3 is 6.18 Å². The van der Waals surface area contributed by atoms with Crippen molar-refractivity contribution in [3.8, 4) is 5.69 Å². The van der Waals surface area contributed by atoms with Crippen molar-refractivity contribution >= 4 is 23.6 Å². The van der Waals surface area contributed by atoms with E-state index in [1.165, 1.54) is 23.9 Å². The molecule has 10 heteroatoms. The predicted molar refractivity (Wildman–Crippen MR) is 123 cm³/mol. The van der Waals surface area contributed by atoms with Gasteiger partial charge in [0.15, 0.2) is 5.16 Å². The van der Waals surface area contributed by atoms with E-state index in [1.807, 2.05) is 42.0 Å². The summed E-state index contributed by atoms with van der Waals surface area (Å²) in [6.45, 7) is 3.42. The second kappa shape index (κ2) is 9.92. The molecule has 0 spiro atoms. The number of carbonyl (C=O) groups is 2. The van der Waals surface area contributed by atoms with Gasteiger partial charge in [0, 0.05) is 44.1 Å². The fourth-order valence-electron chi connectivity index (χ4n) is 3.77. The van der Waals surface area contributed by atoms with Gasteiger partial charge in [-0.15, -0.1) is 0 Å². The molecule has 0 unspecified atom stereocenters. The van der Waals surface area contributed by atoms with Crippen LogP contribution in [0.5, 0.6) is 0 Å². The van der Waals surface area contributed by atoms with Crippen molar-refractivity contribution in [1.82, 2.24) is 19.4 Å². The Hall–Kier alpha value is -3.27. The largest absolute Gasteiger partial charge is 0.416 e. The van der Waals surface area contributed by atoms with Crippen LogP contribution in [0.3, 0.4) is 0 Å². The molecule has 4 rings (SSSR count). The van der Waals surface area contributed by atoms with Crippen LogP contribution in [-0.2, 0) is 11.0 Å². The average molecular weight is 489 g/mol. The van der Waals surface area contributed by atoms with Crippen molar-refractivity contribution in [3.05, 3.63) is 77.6 Å². The van der Waals surface area contributed by atoms with Gasteiger partial charge in [0.2, 0.25) is 5.91 Å². The van der Waals surface area contributed by atoms with Crippen molar-refractivity contribution in [2.45, 2.75) is 18.3 Å². The topological polar surface area (TPSA) is 58.4 Å². The van der Waals surface area contributed by atoms with E-state index in [9.17, 15) is 22.8 Å². The van der Waals surface area contributed by atoms with E-state index in [-0.39, 0.29) is 23.1 Å². The number of thioether (sulfide) groups is 1. The lowest BCUT2D eigenvalue weighted by atomic mass is 10.1. The van der Waals surface area contributed by atoms with E-state index in [0.29, 0.717) is 26.2 Å². The number of benzene rings is 2. The molecule has 0 radical (unpaired) electrons. The Kier molecular flexibility index (Phi) is 6.97. The highest BCUT2D eigenvalue weighted by atomic mass is 32.2. The molecule has 3 aromatic rings. The molecule has 6 nitrogen and oxygen atoms in total. The van der Waals surface area contributed by atoms with Gasteiger partial charge in [0.1, 0.15) is 0 Å². The van der Waals surface area contributed by atoms with E-state index in [2.05, 4.69) is 4.98 Å². The maximum atomic E-state index is 12.7. The minimum Gasteiger partial charge on any atom is -0.338 e. The first-order valence-electron chi connectivity index (χ1n) is 10.7. The van der Waals surface area contributed by atoms with Gasteiger partial charge < -0.3 is 9.80 Å². The predicted octanol–water partition coefficient (Wildman–Crippen LogP) is 4.28. The molecule has 2 aromatic carbocycles. The molecule has 1 aromatic heterocycles. The zero-order chi connectivity index (χ0) is 24.3. The van der Waals surface area contributed by atoms with Crippen LogP contribution < -0.4 is 0 Å². The van der Waals surface area contributed by atoms with Gasteiger partial charge in [0.25, 0.3) is 5.91 Å². The van der Waals surface area contributed by atoms with Gasteiger partial charge in [-0.05, 0) is 42.8 Å². The summed E-state index contributed by atoms with van der Waals surface area (Å²) in [5.41, 5.74) is 1.51. The maximum absolute atomic E-state index is 12.7. The third-order valence-electron chi connectivity index (χ3n) is 5.69. The molecule has 0 aliphatic carbocycles. The van der Waals surface area contributed by atoms with Crippen LogP contribution in [0.25, 0.3) is 5.69 Å². The van der Waals surface area contributed by atoms with Gasteiger partial charge in [0.05, 0.1) is 17.0 Å². The molecule has 0 atom stereocenters. The Morgan fingerprint density at radius 3 is 2.26 bits per heavy atom. The smallest absolute Gasteiger partial charge is 0.338 e.